The van der Waals surface area contributed by atoms with Crippen LogP contribution in [0.15, 0.2) is 17.2 Å². The van der Waals surface area contributed by atoms with Gasteiger partial charge in [0.25, 0.3) is 0 Å². The van der Waals surface area contributed by atoms with E-state index < -0.39 is 0 Å². The molecule has 0 aromatic carbocycles. The summed E-state index contributed by atoms with van der Waals surface area (Å²) in [6.07, 6.45) is 4.65. The van der Waals surface area contributed by atoms with Gasteiger partial charge in [-0.05, 0) is 12.7 Å². The van der Waals surface area contributed by atoms with Crippen LogP contribution in [0, 0.1) is 0 Å². The molecule has 92 valence electrons. The molecule has 1 atom stereocenters. The average Bonchev–Trinajstić information content (AvgIpc) is 2.70. The van der Waals surface area contributed by atoms with Gasteiger partial charge >= 0.3 is 5.69 Å². The third kappa shape index (κ3) is 2.79. The van der Waals surface area contributed by atoms with Crippen molar-refractivity contribution in [1.82, 2.24) is 19.6 Å². The zero-order valence-electron chi connectivity index (χ0n) is 9.80. The maximum absolute atomic E-state index is 11.2. The second-order valence-electron chi connectivity index (χ2n) is 3.79. The van der Waals surface area contributed by atoms with Gasteiger partial charge in [0, 0.05) is 17.9 Å². The van der Waals surface area contributed by atoms with Gasteiger partial charge in [-0.25, -0.2) is 19.3 Å². The van der Waals surface area contributed by atoms with E-state index in [-0.39, 0.29) is 5.69 Å². The first kappa shape index (κ1) is 12.0. The molecule has 0 aliphatic rings. The van der Waals surface area contributed by atoms with Gasteiger partial charge in [0.05, 0.1) is 0 Å². The lowest BCUT2D eigenvalue weighted by atomic mass is 10.3. The lowest BCUT2D eigenvalue weighted by Crippen LogP contribution is -2.12. The maximum atomic E-state index is 11.2. The maximum Gasteiger partial charge on any atom is 0.348 e. The molecule has 0 saturated heterocycles. The SMILES string of the molecule is CSC(C)CCNc1cc2n[nH]c(=O)n2cn1. The van der Waals surface area contributed by atoms with Crippen molar-refractivity contribution < 1.29 is 0 Å². The Morgan fingerprint density at radius 2 is 2.47 bits per heavy atom. The van der Waals surface area contributed by atoms with Crippen LogP contribution < -0.4 is 11.0 Å². The lowest BCUT2D eigenvalue weighted by Gasteiger charge is -2.09. The molecule has 0 radical (unpaired) electrons. The number of aromatic amines is 1. The zero-order chi connectivity index (χ0) is 12.3. The second-order valence-corrected chi connectivity index (χ2v) is 5.07. The van der Waals surface area contributed by atoms with Gasteiger partial charge in [0.1, 0.15) is 12.1 Å². The molecule has 2 aromatic heterocycles. The largest absolute Gasteiger partial charge is 0.370 e. The highest BCUT2D eigenvalue weighted by Gasteiger charge is 2.03. The minimum Gasteiger partial charge on any atom is -0.370 e. The Morgan fingerprint density at radius 3 is 3.24 bits per heavy atom. The third-order valence-electron chi connectivity index (χ3n) is 2.57. The Labute approximate surface area is 103 Å². The van der Waals surface area contributed by atoms with Crippen LogP contribution >= 0.6 is 11.8 Å². The fourth-order valence-electron chi connectivity index (χ4n) is 1.43. The fraction of sp³-hybridized carbons (Fsp3) is 0.500. The molecular weight excluding hydrogens is 238 g/mol. The van der Waals surface area contributed by atoms with Crippen molar-refractivity contribution >= 4 is 23.2 Å². The summed E-state index contributed by atoms with van der Waals surface area (Å²) in [5.74, 6) is 0.741. The summed E-state index contributed by atoms with van der Waals surface area (Å²) in [5, 5.41) is 10.1. The van der Waals surface area contributed by atoms with Crippen LogP contribution in [0.1, 0.15) is 13.3 Å². The molecule has 0 aliphatic heterocycles. The molecule has 2 N–H and O–H groups in total. The van der Waals surface area contributed by atoms with E-state index in [0.717, 1.165) is 18.8 Å². The molecule has 7 heteroatoms. The van der Waals surface area contributed by atoms with Crippen molar-refractivity contribution in [2.45, 2.75) is 18.6 Å². The number of nitrogens with zero attached hydrogens (tertiary/aromatic N) is 3. The van der Waals surface area contributed by atoms with E-state index >= 15 is 0 Å². The number of aromatic nitrogens is 4. The summed E-state index contributed by atoms with van der Waals surface area (Å²) in [4.78, 5) is 15.4. The minimum atomic E-state index is -0.268. The highest BCUT2D eigenvalue weighted by atomic mass is 32.2. The van der Waals surface area contributed by atoms with E-state index in [4.69, 9.17) is 0 Å². The molecule has 0 aliphatic carbocycles. The highest BCUT2D eigenvalue weighted by molar-refractivity contribution is 7.99. The van der Waals surface area contributed by atoms with E-state index in [9.17, 15) is 4.79 Å². The number of rotatable bonds is 5. The number of fused-ring (bicyclic) bond motifs is 1. The van der Waals surface area contributed by atoms with Gasteiger partial charge in [0.2, 0.25) is 0 Å². The summed E-state index contributed by atoms with van der Waals surface area (Å²) in [7, 11) is 0. The van der Waals surface area contributed by atoms with E-state index in [0.29, 0.717) is 10.9 Å². The first-order chi connectivity index (χ1) is 8.20. The zero-order valence-corrected chi connectivity index (χ0v) is 10.6. The molecule has 0 fully saturated rings. The summed E-state index contributed by atoms with van der Waals surface area (Å²) in [5.41, 5.74) is 0.306. The van der Waals surface area contributed by atoms with Gasteiger partial charge < -0.3 is 5.32 Å². The van der Waals surface area contributed by atoms with Crippen molar-refractivity contribution in [1.29, 1.82) is 0 Å². The third-order valence-corrected chi connectivity index (χ3v) is 3.61. The van der Waals surface area contributed by atoms with Crippen LogP contribution in [-0.2, 0) is 0 Å². The first-order valence-corrected chi connectivity index (χ1v) is 6.69. The molecule has 0 bridgehead atoms. The molecule has 6 nitrogen and oxygen atoms in total. The summed E-state index contributed by atoms with van der Waals surface area (Å²) < 4.78 is 1.37. The van der Waals surface area contributed by atoms with Crippen LogP contribution in [-0.4, -0.2) is 37.6 Å². The smallest absolute Gasteiger partial charge is 0.348 e. The van der Waals surface area contributed by atoms with Gasteiger partial charge in [-0.3, -0.25) is 0 Å². The summed E-state index contributed by atoms with van der Waals surface area (Å²) >= 11 is 1.84. The molecule has 2 aromatic rings. The predicted octanol–water partition coefficient (Wildman–Crippen LogP) is 0.971. The Morgan fingerprint density at radius 1 is 1.65 bits per heavy atom. The molecule has 2 heterocycles. The Kier molecular flexibility index (Phi) is 3.68. The van der Waals surface area contributed by atoms with Crippen molar-refractivity contribution in [2.75, 3.05) is 18.1 Å². The fourth-order valence-corrected chi connectivity index (χ4v) is 1.78. The summed E-state index contributed by atoms with van der Waals surface area (Å²) in [6, 6.07) is 1.75. The van der Waals surface area contributed by atoms with Crippen molar-refractivity contribution in [2.24, 2.45) is 0 Å². The van der Waals surface area contributed by atoms with Crippen molar-refractivity contribution in [3.8, 4) is 0 Å². The van der Waals surface area contributed by atoms with Crippen LogP contribution in [0.25, 0.3) is 5.65 Å². The molecule has 0 amide bonds. The van der Waals surface area contributed by atoms with E-state index in [1.165, 1.54) is 10.7 Å². The second kappa shape index (κ2) is 5.22. The molecule has 0 spiro atoms. The molecule has 1 unspecified atom stereocenters. The number of anilines is 1. The van der Waals surface area contributed by atoms with E-state index in [1.807, 2.05) is 11.8 Å². The van der Waals surface area contributed by atoms with Crippen LogP contribution in [0.5, 0.6) is 0 Å². The summed E-state index contributed by atoms with van der Waals surface area (Å²) in [6.45, 7) is 3.05. The molecular formula is C10H15N5OS. The van der Waals surface area contributed by atoms with Crippen LogP contribution in [0.3, 0.4) is 0 Å². The lowest BCUT2D eigenvalue weighted by molar-refractivity contribution is 0.848. The Balaban J connectivity index is 2.02. The molecule has 2 rings (SSSR count). The van der Waals surface area contributed by atoms with Crippen LogP contribution in [0.4, 0.5) is 5.82 Å². The topological polar surface area (TPSA) is 75.1 Å². The standard InChI is InChI=1S/C10H15N5OS/c1-7(17-2)3-4-11-8-5-9-13-14-10(16)15(9)6-12-8/h5-7,11H,3-4H2,1-2H3,(H,14,16). The molecule has 0 saturated carbocycles. The normalized spacial score (nSPS) is 12.8. The number of H-pyrrole nitrogens is 1. The van der Waals surface area contributed by atoms with Crippen molar-refractivity contribution in [3.63, 3.8) is 0 Å². The monoisotopic (exact) mass is 253 g/mol. The number of hydrogen-bond acceptors (Lipinski definition) is 5. The molecule has 17 heavy (non-hydrogen) atoms. The van der Waals surface area contributed by atoms with Crippen molar-refractivity contribution in [3.05, 3.63) is 22.9 Å². The number of thioether (sulfide) groups is 1. The minimum absolute atomic E-state index is 0.268. The van der Waals surface area contributed by atoms with Gasteiger partial charge in [-0.15, -0.1) is 0 Å². The average molecular weight is 253 g/mol. The van der Waals surface area contributed by atoms with E-state index in [2.05, 4.69) is 33.7 Å². The van der Waals surface area contributed by atoms with E-state index in [1.54, 1.807) is 6.07 Å². The Bertz CT molecular complexity index is 549. The number of nitrogens with one attached hydrogen (secondary N) is 2. The van der Waals surface area contributed by atoms with Gasteiger partial charge in [-0.1, -0.05) is 6.92 Å². The predicted molar refractivity (Wildman–Crippen MR) is 69.7 cm³/mol. The van der Waals surface area contributed by atoms with Gasteiger partial charge in [0.15, 0.2) is 5.65 Å². The quantitative estimate of drug-likeness (QED) is 0.830. The van der Waals surface area contributed by atoms with Gasteiger partial charge in [-0.2, -0.15) is 16.9 Å². The van der Waals surface area contributed by atoms with Crippen LogP contribution in [0.2, 0.25) is 0 Å². The highest BCUT2D eigenvalue weighted by Crippen LogP contribution is 2.10. The number of hydrogen-bond donors (Lipinski definition) is 2. The first-order valence-electron chi connectivity index (χ1n) is 5.40. The Hall–Kier alpha value is -1.50.